The third-order valence-electron chi connectivity index (χ3n) is 1.77. The summed E-state index contributed by atoms with van der Waals surface area (Å²) in [7, 11) is 0. The molecular formula is C9H3BrFN3S. The third-order valence-corrected chi connectivity index (χ3v) is 3.33. The molecule has 3 nitrogen and oxygen atoms in total. The summed E-state index contributed by atoms with van der Waals surface area (Å²) in [5.74, 6) is -0.575. The van der Waals surface area contributed by atoms with Crippen LogP contribution in [-0.4, -0.2) is 9.36 Å². The van der Waals surface area contributed by atoms with Crippen molar-refractivity contribution >= 4 is 27.5 Å². The summed E-state index contributed by atoms with van der Waals surface area (Å²) in [5, 5.41) is 8.85. The molecule has 0 aliphatic rings. The number of nitriles is 1. The maximum Gasteiger partial charge on any atom is 0.213 e. The molecule has 0 saturated heterocycles. The average Bonchev–Trinajstić information content (AvgIpc) is 2.59. The first-order valence-corrected chi connectivity index (χ1v) is 5.46. The lowest BCUT2D eigenvalue weighted by Crippen LogP contribution is -1.84. The second-order valence-corrected chi connectivity index (χ2v) is 4.18. The van der Waals surface area contributed by atoms with Crippen LogP contribution in [0.2, 0.25) is 0 Å². The van der Waals surface area contributed by atoms with Crippen LogP contribution in [0.3, 0.4) is 0 Å². The molecule has 0 N–H and O–H groups in total. The number of pyridine rings is 1. The summed E-state index contributed by atoms with van der Waals surface area (Å²) in [5.41, 5.74) is 1.21. The van der Waals surface area contributed by atoms with Gasteiger partial charge in [-0.1, -0.05) is 0 Å². The molecule has 0 unspecified atom stereocenters. The maximum absolute atomic E-state index is 12.9. The Labute approximate surface area is 97.5 Å². The molecule has 0 spiro atoms. The van der Waals surface area contributed by atoms with E-state index in [1.54, 1.807) is 6.07 Å². The highest BCUT2D eigenvalue weighted by molar-refractivity contribution is 9.10. The van der Waals surface area contributed by atoms with Crippen LogP contribution in [0, 0.1) is 17.3 Å². The highest BCUT2D eigenvalue weighted by Gasteiger charge is 2.14. The van der Waals surface area contributed by atoms with E-state index in [1.807, 2.05) is 6.07 Å². The normalized spacial score (nSPS) is 9.93. The van der Waals surface area contributed by atoms with Gasteiger partial charge < -0.3 is 0 Å². The summed E-state index contributed by atoms with van der Waals surface area (Å²) < 4.78 is 17.4. The summed E-state index contributed by atoms with van der Waals surface area (Å²) >= 11 is 4.30. The second kappa shape index (κ2) is 4.04. The van der Waals surface area contributed by atoms with Gasteiger partial charge in [0.05, 0.1) is 0 Å². The van der Waals surface area contributed by atoms with E-state index in [9.17, 15) is 4.39 Å². The van der Waals surface area contributed by atoms with Crippen molar-refractivity contribution in [3.63, 3.8) is 0 Å². The molecule has 6 heteroatoms. The summed E-state index contributed by atoms with van der Waals surface area (Å²) in [6.07, 6.45) is 1.36. The van der Waals surface area contributed by atoms with Crippen molar-refractivity contribution in [3.05, 3.63) is 33.8 Å². The highest BCUT2D eigenvalue weighted by atomic mass is 79.9. The molecule has 2 aromatic rings. The molecule has 0 atom stereocenters. The average molecular weight is 284 g/mol. The minimum absolute atomic E-state index is 0.451. The van der Waals surface area contributed by atoms with Crippen molar-refractivity contribution in [2.24, 2.45) is 0 Å². The molecule has 0 bridgehead atoms. The van der Waals surface area contributed by atoms with E-state index < -0.39 is 5.95 Å². The largest absolute Gasteiger partial charge is 0.228 e. The zero-order valence-electron chi connectivity index (χ0n) is 7.24. The SMILES string of the molecule is N#Cc1snc(Br)c1-c1ccnc(F)c1. The van der Waals surface area contributed by atoms with Crippen molar-refractivity contribution in [2.75, 3.05) is 0 Å². The molecule has 74 valence electrons. The van der Waals surface area contributed by atoms with E-state index in [1.165, 1.54) is 12.3 Å². The first-order chi connectivity index (χ1) is 7.22. The van der Waals surface area contributed by atoms with Crippen LogP contribution in [0.1, 0.15) is 4.88 Å². The zero-order valence-corrected chi connectivity index (χ0v) is 9.64. The van der Waals surface area contributed by atoms with E-state index in [0.29, 0.717) is 20.6 Å². The molecule has 0 fully saturated rings. The molecule has 15 heavy (non-hydrogen) atoms. The molecule has 0 radical (unpaired) electrons. The van der Waals surface area contributed by atoms with Gasteiger partial charge in [-0.15, -0.1) is 0 Å². The van der Waals surface area contributed by atoms with Crippen LogP contribution in [0.25, 0.3) is 11.1 Å². The standard InChI is InChI=1S/C9H3BrFN3S/c10-9-8(6(4-12)15-14-9)5-1-2-13-7(11)3-5/h1-3H. The first-order valence-electron chi connectivity index (χ1n) is 3.89. The van der Waals surface area contributed by atoms with E-state index in [-0.39, 0.29) is 0 Å². The fourth-order valence-electron chi connectivity index (χ4n) is 1.16. The van der Waals surface area contributed by atoms with E-state index in [2.05, 4.69) is 25.3 Å². The molecule has 2 aromatic heterocycles. The van der Waals surface area contributed by atoms with Crippen LogP contribution in [0.15, 0.2) is 22.9 Å². The smallest absolute Gasteiger partial charge is 0.213 e. The quantitative estimate of drug-likeness (QED) is 0.756. The lowest BCUT2D eigenvalue weighted by molar-refractivity contribution is 0.584. The first kappa shape index (κ1) is 10.2. The van der Waals surface area contributed by atoms with Crippen molar-refractivity contribution in [3.8, 4) is 17.2 Å². The van der Waals surface area contributed by atoms with Crippen LogP contribution >= 0.6 is 27.5 Å². The molecule has 0 aromatic carbocycles. The van der Waals surface area contributed by atoms with E-state index >= 15 is 0 Å². The van der Waals surface area contributed by atoms with Crippen molar-refractivity contribution < 1.29 is 4.39 Å². The topological polar surface area (TPSA) is 49.6 Å². The van der Waals surface area contributed by atoms with Crippen LogP contribution in [-0.2, 0) is 0 Å². The zero-order chi connectivity index (χ0) is 10.8. The van der Waals surface area contributed by atoms with Crippen LogP contribution in [0.4, 0.5) is 4.39 Å². The van der Waals surface area contributed by atoms with Gasteiger partial charge in [-0.25, -0.2) is 4.98 Å². The number of halogens is 2. The van der Waals surface area contributed by atoms with Crippen molar-refractivity contribution in [2.45, 2.75) is 0 Å². The lowest BCUT2D eigenvalue weighted by Gasteiger charge is -1.98. The molecule has 0 amide bonds. The summed E-state index contributed by atoms with van der Waals surface area (Å²) in [6.45, 7) is 0. The number of hydrogen-bond acceptors (Lipinski definition) is 4. The van der Waals surface area contributed by atoms with Crippen molar-refractivity contribution in [1.29, 1.82) is 5.26 Å². The molecule has 0 aliphatic heterocycles. The van der Waals surface area contributed by atoms with Gasteiger partial charge in [-0.2, -0.15) is 14.0 Å². The Morgan fingerprint density at radius 2 is 2.33 bits per heavy atom. The highest BCUT2D eigenvalue weighted by Crippen LogP contribution is 2.33. The Hall–Kier alpha value is -1.32. The fraction of sp³-hybridized carbons (Fsp3) is 0. The molecule has 2 rings (SSSR count). The monoisotopic (exact) mass is 283 g/mol. The van der Waals surface area contributed by atoms with Gasteiger partial charge in [-0.3, -0.25) is 0 Å². The maximum atomic E-state index is 12.9. The van der Waals surface area contributed by atoms with Gasteiger partial charge in [-0.05, 0) is 39.1 Å². The Bertz CT molecular complexity index is 547. The predicted octanol–water partition coefficient (Wildman–Crippen LogP) is 2.98. The van der Waals surface area contributed by atoms with Gasteiger partial charge in [0.15, 0.2) is 0 Å². The molecular weight excluding hydrogens is 281 g/mol. The Morgan fingerprint density at radius 1 is 1.53 bits per heavy atom. The van der Waals surface area contributed by atoms with Crippen LogP contribution < -0.4 is 0 Å². The van der Waals surface area contributed by atoms with Gasteiger partial charge in [0.2, 0.25) is 5.95 Å². The fourth-order valence-corrected chi connectivity index (χ4v) is 2.54. The van der Waals surface area contributed by atoms with Crippen LogP contribution in [0.5, 0.6) is 0 Å². The Morgan fingerprint density at radius 3 is 3.00 bits per heavy atom. The minimum Gasteiger partial charge on any atom is -0.228 e. The van der Waals surface area contributed by atoms with Gasteiger partial charge in [0.25, 0.3) is 0 Å². The summed E-state index contributed by atoms with van der Waals surface area (Å²) in [4.78, 5) is 3.90. The second-order valence-electron chi connectivity index (χ2n) is 2.66. The Kier molecular flexibility index (Phi) is 2.75. The summed E-state index contributed by atoms with van der Waals surface area (Å²) in [6, 6.07) is 4.93. The number of rotatable bonds is 1. The molecule has 2 heterocycles. The van der Waals surface area contributed by atoms with Gasteiger partial charge in [0.1, 0.15) is 15.5 Å². The van der Waals surface area contributed by atoms with E-state index in [0.717, 1.165) is 11.5 Å². The van der Waals surface area contributed by atoms with Crippen molar-refractivity contribution in [1.82, 2.24) is 9.36 Å². The van der Waals surface area contributed by atoms with E-state index in [4.69, 9.17) is 5.26 Å². The Balaban J connectivity index is 2.64. The number of nitrogens with zero attached hydrogens (tertiary/aromatic N) is 3. The number of aromatic nitrogens is 2. The molecule has 0 saturated carbocycles. The predicted molar refractivity (Wildman–Crippen MR) is 57.7 cm³/mol. The lowest BCUT2D eigenvalue weighted by atomic mass is 10.1. The van der Waals surface area contributed by atoms with Gasteiger partial charge in [0, 0.05) is 17.8 Å². The number of hydrogen-bond donors (Lipinski definition) is 0. The van der Waals surface area contributed by atoms with Gasteiger partial charge >= 0.3 is 0 Å². The molecule has 0 aliphatic carbocycles. The third kappa shape index (κ3) is 1.89. The minimum atomic E-state index is -0.575.